The van der Waals surface area contributed by atoms with Crippen LogP contribution in [0.4, 0.5) is 0 Å². The van der Waals surface area contributed by atoms with E-state index in [1.807, 2.05) is 19.0 Å². The van der Waals surface area contributed by atoms with Crippen molar-refractivity contribution in [3.05, 3.63) is 0 Å². The summed E-state index contributed by atoms with van der Waals surface area (Å²) in [4.78, 5) is 6.53. The first kappa shape index (κ1) is 8.93. The van der Waals surface area contributed by atoms with Crippen molar-refractivity contribution >= 4 is 0 Å². The molecule has 1 fully saturated rings. The van der Waals surface area contributed by atoms with Gasteiger partial charge in [-0.05, 0) is 26.9 Å². The van der Waals surface area contributed by atoms with Crippen molar-refractivity contribution < 1.29 is 9.94 Å². The van der Waals surface area contributed by atoms with Gasteiger partial charge in [0.15, 0.2) is 5.79 Å². The third-order valence-electron chi connectivity index (χ3n) is 2.36. The highest BCUT2D eigenvalue weighted by atomic mass is 16.7. The van der Waals surface area contributed by atoms with E-state index in [2.05, 4.69) is 4.84 Å². The van der Waals surface area contributed by atoms with E-state index in [0.717, 1.165) is 12.8 Å². The highest BCUT2D eigenvalue weighted by Gasteiger charge is 2.43. The minimum absolute atomic E-state index is 0.0347. The van der Waals surface area contributed by atoms with Crippen LogP contribution in [0.2, 0.25) is 0 Å². The lowest BCUT2D eigenvalue weighted by Gasteiger charge is -2.31. The number of hydrogen-bond acceptors (Lipinski definition) is 4. The molecule has 0 heterocycles. The third kappa shape index (κ3) is 1.54. The van der Waals surface area contributed by atoms with Crippen LogP contribution in [0.5, 0.6) is 0 Å². The van der Waals surface area contributed by atoms with E-state index in [1.54, 1.807) is 0 Å². The second kappa shape index (κ2) is 3.06. The van der Waals surface area contributed by atoms with Crippen LogP contribution < -0.4 is 5.90 Å². The molecule has 1 rings (SSSR count). The first-order valence-corrected chi connectivity index (χ1v) is 3.87. The van der Waals surface area contributed by atoms with E-state index in [-0.39, 0.29) is 6.04 Å². The first-order chi connectivity index (χ1) is 5.10. The Morgan fingerprint density at radius 3 is 2.64 bits per heavy atom. The summed E-state index contributed by atoms with van der Waals surface area (Å²) < 4.78 is 0. The molecular formula is C7H16N2O2. The van der Waals surface area contributed by atoms with Crippen molar-refractivity contribution in [2.75, 3.05) is 14.1 Å². The Labute approximate surface area is 66.9 Å². The van der Waals surface area contributed by atoms with Crippen molar-refractivity contribution in [1.82, 2.24) is 4.90 Å². The molecule has 66 valence electrons. The normalized spacial score (nSPS) is 38.5. The maximum absolute atomic E-state index is 9.74. The van der Waals surface area contributed by atoms with Crippen molar-refractivity contribution in [3.63, 3.8) is 0 Å². The molecule has 0 aliphatic heterocycles. The molecule has 2 atom stereocenters. The minimum atomic E-state index is -1.12. The van der Waals surface area contributed by atoms with Gasteiger partial charge < -0.3 is 10.0 Å². The van der Waals surface area contributed by atoms with E-state index < -0.39 is 5.79 Å². The highest BCUT2D eigenvalue weighted by molar-refractivity contribution is 4.89. The Bertz CT molecular complexity index is 140. The molecule has 4 nitrogen and oxygen atoms in total. The van der Waals surface area contributed by atoms with E-state index in [4.69, 9.17) is 5.90 Å². The second-order valence-electron chi connectivity index (χ2n) is 3.33. The Morgan fingerprint density at radius 1 is 1.64 bits per heavy atom. The van der Waals surface area contributed by atoms with Crippen molar-refractivity contribution in [1.29, 1.82) is 0 Å². The Kier molecular flexibility index (Phi) is 2.49. The topological polar surface area (TPSA) is 58.7 Å². The van der Waals surface area contributed by atoms with Gasteiger partial charge in [0.2, 0.25) is 0 Å². The SMILES string of the molecule is CN(C)C1CCCC1(O)ON. The largest absolute Gasteiger partial charge is 0.363 e. The third-order valence-corrected chi connectivity index (χ3v) is 2.36. The summed E-state index contributed by atoms with van der Waals surface area (Å²) in [6.45, 7) is 0. The molecule has 0 spiro atoms. The number of rotatable bonds is 2. The fourth-order valence-corrected chi connectivity index (χ4v) is 1.74. The summed E-state index contributed by atoms with van der Waals surface area (Å²) >= 11 is 0. The fraction of sp³-hybridized carbons (Fsp3) is 1.00. The van der Waals surface area contributed by atoms with E-state index in [0.29, 0.717) is 6.42 Å². The quantitative estimate of drug-likeness (QED) is 0.429. The molecular weight excluding hydrogens is 144 g/mol. The van der Waals surface area contributed by atoms with Gasteiger partial charge in [-0.1, -0.05) is 0 Å². The maximum atomic E-state index is 9.74. The van der Waals surface area contributed by atoms with Gasteiger partial charge in [-0.25, -0.2) is 5.90 Å². The summed E-state index contributed by atoms with van der Waals surface area (Å²) in [6.07, 6.45) is 2.55. The smallest absolute Gasteiger partial charge is 0.200 e. The van der Waals surface area contributed by atoms with Gasteiger partial charge in [-0.2, -0.15) is 0 Å². The van der Waals surface area contributed by atoms with Gasteiger partial charge >= 0.3 is 0 Å². The van der Waals surface area contributed by atoms with Crippen molar-refractivity contribution in [3.8, 4) is 0 Å². The molecule has 1 aliphatic rings. The van der Waals surface area contributed by atoms with Crippen molar-refractivity contribution in [2.24, 2.45) is 5.90 Å². The summed E-state index contributed by atoms with van der Waals surface area (Å²) in [7, 11) is 3.83. The van der Waals surface area contributed by atoms with Crippen LogP contribution >= 0.6 is 0 Å². The van der Waals surface area contributed by atoms with Crippen LogP contribution in [-0.4, -0.2) is 35.9 Å². The fourth-order valence-electron chi connectivity index (χ4n) is 1.74. The maximum Gasteiger partial charge on any atom is 0.200 e. The van der Waals surface area contributed by atoms with Crippen LogP contribution in [0.15, 0.2) is 0 Å². The molecule has 1 saturated carbocycles. The molecule has 0 aromatic rings. The lowest BCUT2D eigenvalue weighted by atomic mass is 10.1. The zero-order valence-electron chi connectivity index (χ0n) is 7.08. The zero-order valence-corrected chi connectivity index (χ0v) is 7.08. The lowest BCUT2D eigenvalue weighted by Crippen LogP contribution is -2.49. The monoisotopic (exact) mass is 160 g/mol. The molecule has 0 radical (unpaired) electrons. The lowest BCUT2D eigenvalue weighted by molar-refractivity contribution is -0.228. The molecule has 0 amide bonds. The van der Waals surface area contributed by atoms with Crippen molar-refractivity contribution in [2.45, 2.75) is 31.1 Å². The number of aliphatic hydroxyl groups is 1. The molecule has 3 N–H and O–H groups in total. The predicted molar refractivity (Wildman–Crippen MR) is 41.5 cm³/mol. The standard InChI is InChI=1S/C7H16N2O2/c1-9(2)6-4-3-5-7(6,10)11-8/h6,10H,3-5,8H2,1-2H3. The van der Waals surface area contributed by atoms with E-state index in [9.17, 15) is 5.11 Å². The van der Waals surface area contributed by atoms with Crippen LogP contribution in [0.25, 0.3) is 0 Å². The van der Waals surface area contributed by atoms with Crippen LogP contribution in [0.3, 0.4) is 0 Å². The zero-order chi connectivity index (χ0) is 8.48. The number of likely N-dealkylation sites (N-methyl/N-ethyl adjacent to an activating group) is 1. The highest BCUT2D eigenvalue weighted by Crippen LogP contribution is 2.32. The van der Waals surface area contributed by atoms with Crippen LogP contribution in [0.1, 0.15) is 19.3 Å². The van der Waals surface area contributed by atoms with E-state index in [1.165, 1.54) is 0 Å². The molecule has 1 aliphatic carbocycles. The number of nitrogens with zero attached hydrogens (tertiary/aromatic N) is 1. The van der Waals surface area contributed by atoms with Gasteiger partial charge in [0.1, 0.15) is 0 Å². The molecule has 0 aromatic heterocycles. The summed E-state index contributed by atoms with van der Waals surface area (Å²) in [5.74, 6) is 3.90. The Hall–Kier alpha value is -0.160. The van der Waals surface area contributed by atoms with Gasteiger partial charge in [0.25, 0.3) is 0 Å². The Balaban J connectivity index is 2.64. The number of nitrogens with two attached hydrogens (primary N) is 1. The average Bonchev–Trinajstić information content (AvgIpc) is 2.32. The van der Waals surface area contributed by atoms with Gasteiger partial charge in [0, 0.05) is 6.42 Å². The van der Waals surface area contributed by atoms with Crippen LogP contribution in [-0.2, 0) is 4.84 Å². The van der Waals surface area contributed by atoms with E-state index >= 15 is 0 Å². The molecule has 4 heteroatoms. The molecule has 0 saturated heterocycles. The predicted octanol–water partition coefficient (Wildman–Crippen LogP) is -0.321. The molecule has 0 aromatic carbocycles. The Morgan fingerprint density at radius 2 is 2.27 bits per heavy atom. The molecule has 11 heavy (non-hydrogen) atoms. The van der Waals surface area contributed by atoms with Gasteiger partial charge in [0.05, 0.1) is 6.04 Å². The summed E-state index contributed by atoms with van der Waals surface area (Å²) in [5.41, 5.74) is 0. The average molecular weight is 160 g/mol. The number of hydrogen-bond donors (Lipinski definition) is 2. The van der Waals surface area contributed by atoms with Crippen LogP contribution in [0, 0.1) is 0 Å². The van der Waals surface area contributed by atoms with Gasteiger partial charge in [-0.3, -0.25) is 4.84 Å². The summed E-state index contributed by atoms with van der Waals surface area (Å²) in [6, 6.07) is 0.0347. The van der Waals surface area contributed by atoms with Gasteiger partial charge in [-0.15, -0.1) is 0 Å². The minimum Gasteiger partial charge on any atom is -0.363 e. The molecule has 2 unspecified atom stereocenters. The summed E-state index contributed by atoms with van der Waals surface area (Å²) in [5, 5.41) is 9.74. The first-order valence-electron chi connectivity index (χ1n) is 3.87. The molecule has 0 bridgehead atoms. The second-order valence-corrected chi connectivity index (χ2v) is 3.33.